The third kappa shape index (κ3) is 4.56. The molecule has 0 fully saturated rings. The molecule has 29 heavy (non-hydrogen) atoms. The lowest BCUT2D eigenvalue weighted by molar-refractivity contribution is 0.149. The maximum Gasteiger partial charge on any atom is 0.269 e. The molecule has 2 aromatic heterocycles. The fourth-order valence-electron chi connectivity index (χ4n) is 2.95. The molecule has 0 unspecified atom stereocenters. The Morgan fingerprint density at radius 3 is 2.62 bits per heavy atom. The number of alkyl halides is 2. The Hall–Kier alpha value is -2.52. The number of rotatable bonds is 7. The Morgan fingerprint density at radius 1 is 1.24 bits per heavy atom. The molecular formula is C20H23F2N5OS. The first-order valence-corrected chi connectivity index (χ1v) is 10.1. The van der Waals surface area contributed by atoms with Gasteiger partial charge in [-0.2, -0.15) is 4.98 Å². The molecule has 0 bridgehead atoms. The van der Waals surface area contributed by atoms with Crippen molar-refractivity contribution in [3.8, 4) is 0 Å². The van der Waals surface area contributed by atoms with Crippen molar-refractivity contribution >= 4 is 34.6 Å². The molecule has 0 aliphatic rings. The van der Waals surface area contributed by atoms with E-state index in [0.717, 1.165) is 22.7 Å². The summed E-state index contributed by atoms with van der Waals surface area (Å²) in [6.07, 6.45) is -1.39. The minimum Gasteiger partial charge on any atom is -0.324 e. The van der Waals surface area contributed by atoms with Crippen LogP contribution in [0, 0.1) is 6.92 Å². The van der Waals surface area contributed by atoms with E-state index in [2.05, 4.69) is 20.0 Å². The highest BCUT2D eigenvalue weighted by atomic mass is 32.2. The quantitative estimate of drug-likeness (QED) is 0.527. The molecule has 0 amide bonds. The standard InChI is InChI=1S/C20H23F2N5OS/c1-5-24-29-14-6-7-16(12(4)8-14)25-20-23-10-13-9-15(17(21)22)19(28)27(11(2)3)18(13)26-20/h6-11,17,24H,5H2,1-4H3,(H,23,25,26). The lowest BCUT2D eigenvalue weighted by Crippen LogP contribution is -2.26. The van der Waals surface area contributed by atoms with Crippen LogP contribution in [0.5, 0.6) is 0 Å². The van der Waals surface area contributed by atoms with Gasteiger partial charge in [0.2, 0.25) is 5.95 Å². The summed E-state index contributed by atoms with van der Waals surface area (Å²) in [7, 11) is 0. The summed E-state index contributed by atoms with van der Waals surface area (Å²) in [5.41, 5.74) is 0.885. The van der Waals surface area contributed by atoms with Gasteiger partial charge in [-0.1, -0.05) is 6.92 Å². The third-order valence-electron chi connectivity index (χ3n) is 4.33. The van der Waals surface area contributed by atoms with Gasteiger partial charge in [0.1, 0.15) is 5.65 Å². The number of hydrogen-bond donors (Lipinski definition) is 2. The Labute approximate surface area is 171 Å². The first-order valence-electron chi connectivity index (χ1n) is 9.29. The molecule has 0 aliphatic carbocycles. The highest BCUT2D eigenvalue weighted by Crippen LogP contribution is 2.26. The molecule has 0 aliphatic heterocycles. The van der Waals surface area contributed by atoms with Crippen molar-refractivity contribution in [2.75, 3.05) is 11.9 Å². The van der Waals surface area contributed by atoms with Crippen LogP contribution in [0.3, 0.4) is 0 Å². The second kappa shape index (κ2) is 8.87. The molecule has 9 heteroatoms. The molecule has 154 valence electrons. The van der Waals surface area contributed by atoms with E-state index in [4.69, 9.17) is 0 Å². The maximum absolute atomic E-state index is 13.2. The first-order chi connectivity index (χ1) is 13.8. The van der Waals surface area contributed by atoms with Crippen molar-refractivity contribution in [1.29, 1.82) is 0 Å². The summed E-state index contributed by atoms with van der Waals surface area (Å²) >= 11 is 1.55. The monoisotopic (exact) mass is 419 g/mol. The number of aryl methyl sites for hydroxylation is 1. The molecule has 3 rings (SSSR count). The summed E-state index contributed by atoms with van der Waals surface area (Å²) in [6, 6.07) is 6.79. The average Bonchev–Trinajstić information content (AvgIpc) is 2.67. The van der Waals surface area contributed by atoms with Gasteiger partial charge in [-0.05, 0) is 62.5 Å². The number of halogens is 2. The largest absolute Gasteiger partial charge is 0.324 e. The zero-order valence-electron chi connectivity index (χ0n) is 16.7. The zero-order chi connectivity index (χ0) is 21.1. The predicted octanol–water partition coefficient (Wildman–Crippen LogP) is 4.98. The van der Waals surface area contributed by atoms with Gasteiger partial charge >= 0.3 is 0 Å². The van der Waals surface area contributed by atoms with Crippen molar-refractivity contribution in [2.24, 2.45) is 0 Å². The second-order valence-electron chi connectivity index (χ2n) is 6.84. The minimum absolute atomic E-state index is 0.297. The summed E-state index contributed by atoms with van der Waals surface area (Å²) < 4.78 is 31.0. The number of aromatic nitrogens is 3. The number of pyridine rings is 1. The van der Waals surface area contributed by atoms with E-state index >= 15 is 0 Å². The van der Waals surface area contributed by atoms with Crippen LogP contribution in [0.25, 0.3) is 11.0 Å². The van der Waals surface area contributed by atoms with Crippen LogP contribution in [-0.2, 0) is 0 Å². The molecule has 0 radical (unpaired) electrons. The minimum atomic E-state index is -2.85. The van der Waals surface area contributed by atoms with E-state index in [1.54, 1.807) is 25.8 Å². The first kappa shape index (κ1) is 21.2. The molecule has 0 saturated heterocycles. The average molecular weight is 420 g/mol. The fourth-order valence-corrected chi connectivity index (χ4v) is 3.64. The van der Waals surface area contributed by atoms with Crippen LogP contribution in [-0.4, -0.2) is 21.1 Å². The van der Waals surface area contributed by atoms with Gasteiger partial charge in [-0.15, -0.1) is 0 Å². The molecule has 0 atom stereocenters. The Kier molecular flexibility index (Phi) is 6.49. The summed E-state index contributed by atoms with van der Waals surface area (Å²) in [6.45, 7) is 8.39. The lowest BCUT2D eigenvalue weighted by Gasteiger charge is -2.16. The summed E-state index contributed by atoms with van der Waals surface area (Å²) in [4.78, 5) is 22.3. The molecule has 0 saturated carbocycles. The number of benzene rings is 1. The van der Waals surface area contributed by atoms with E-state index in [0.29, 0.717) is 17.0 Å². The van der Waals surface area contributed by atoms with Crippen LogP contribution < -0.4 is 15.6 Å². The highest BCUT2D eigenvalue weighted by Gasteiger charge is 2.19. The van der Waals surface area contributed by atoms with Crippen molar-refractivity contribution in [3.05, 3.63) is 51.9 Å². The SMILES string of the molecule is CCNSc1ccc(Nc2ncc3cc(C(F)F)c(=O)n(C(C)C)c3n2)c(C)c1. The molecule has 1 aromatic carbocycles. The molecule has 2 heterocycles. The second-order valence-corrected chi connectivity index (χ2v) is 7.81. The normalized spacial score (nSPS) is 11.6. The Morgan fingerprint density at radius 2 is 2.00 bits per heavy atom. The molecule has 6 nitrogen and oxygen atoms in total. The van der Waals surface area contributed by atoms with Gasteiger partial charge in [0.05, 0.1) is 5.56 Å². The summed E-state index contributed by atoms with van der Waals surface area (Å²) in [5, 5.41) is 3.55. The number of fused-ring (bicyclic) bond motifs is 1. The lowest BCUT2D eigenvalue weighted by atomic mass is 10.2. The number of nitrogens with one attached hydrogen (secondary N) is 2. The van der Waals surface area contributed by atoms with E-state index in [1.807, 2.05) is 32.0 Å². The zero-order valence-corrected chi connectivity index (χ0v) is 17.5. The molecule has 2 N–H and O–H groups in total. The van der Waals surface area contributed by atoms with E-state index in [-0.39, 0.29) is 6.04 Å². The van der Waals surface area contributed by atoms with Crippen LogP contribution in [0.1, 0.15) is 44.4 Å². The van der Waals surface area contributed by atoms with Crippen LogP contribution in [0.15, 0.2) is 40.2 Å². The van der Waals surface area contributed by atoms with Gasteiger partial charge in [-0.3, -0.25) is 14.1 Å². The van der Waals surface area contributed by atoms with Crippen molar-refractivity contribution < 1.29 is 8.78 Å². The maximum atomic E-state index is 13.2. The molecule has 3 aromatic rings. The van der Waals surface area contributed by atoms with Gasteiger partial charge in [-0.25, -0.2) is 13.8 Å². The number of hydrogen-bond acceptors (Lipinski definition) is 6. The highest BCUT2D eigenvalue weighted by molar-refractivity contribution is 7.97. The smallest absolute Gasteiger partial charge is 0.269 e. The third-order valence-corrected chi connectivity index (χ3v) is 5.25. The number of nitrogens with zero attached hydrogens (tertiary/aromatic N) is 3. The van der Waals surface area contributed by atoms with Crippen molar-refractivity contribution in [3.63, 3.8) is 0 Å². The summed E-state index contributed by atoms with van der Waals surface area (Å²) in [5.74, 6) is 0.297. The van der Waals surface area contributed by atoms with Gasteiger partial charge < -0.3 is 5.32 Å². The molecule has 0 spiro atoms. The van der Waals surface area contributed by atoms with Gasteiger partial charge in [0.15, 0.2) is 0 Å². The van der Waals surface area contributed by atoms with E-state index in [9.17, 15) is 13.6 Å². The van der Waals surface area contributed by atoms with E-state index in [1.165, 1.54) is 16.8 Å². The fraction of sp³-hybridized carbons (Fsp3) is 0.350. The van der Waals surface area contributed by atoms with Crippen molar-refractivity contribution in [1.82, 2.24) is 19.3 Å². The van der Waals surface area contributed by atoms with Crippen LogP contribution in [0.4, 0.5) is 20.4 Å². The predicted molar refractivity (Wildman–Crippen MR) is 113 cm³/mol. The topological polar surface area (TPSA) is 71.8 Å². The molecular weight excluding hydrogens is 396 g/mol. The number of anilines is 2. The Balaban J connectivity index is 2.01. The Bertz CT molecular complexity index is 1080. The van der Waals surface area contributed by atoms with Gasteiger partial charge in [0, 0.05) is 34.8 Å². The van der Waals surface area contributed by atoms with Crippen LogP contribution >= 0.6 is 11.9 Å². The van der Waals surface area contributed by atoms with Crippen molar-refractivity contribution in [2.45, 2.75) is 45.1 Å². The van der Waals surface area contributed by atoms with E-state index < -0.39 is 17.5 Å². The van der Waals surface area contributed by atoms with Crippen LogP contribution in [0.2, 0.25) is 0 Å². The van der Waals surface area contributed by atoms with Gasteiger partial charge in [0.25, 0.3) is 12.0 Å².